The van der Waals surface area contributed by atoms with E-state index >= 15 is 0 Å². The molecule has 2 aromatic heterocycles. The Kier molecular flexibility index (Phi) is 4.39. The maximum absolute atomic E-state index is 6.29. The Labute approximate surface area is 246 Å². The standard InChI is InChI=1S/C38H22N4O/c1-2-11-24-21-32-25(20-23(24)10-1)22-35-41(32)30-16-6-3-12-26(30)27-13-4-7-17-31(27)42(35)38-39-29-15-9-19-34-36(29)37(40-38)28-14-5-8-18-33(28)43-34/h1-22H. The Morgan fingerprint density at radius 3 is 2.05 bits per heavy atom. The van der Waals surface area contributed by atoms with E-state index in [-0.39, 0.29) is 0 Å². The minimum Gasteiger partial charge on any atom is -0.456 e. The molecule has 0 aliphatic carbocycles. The van der Waals surface area contributed by atoms with Gasteiger partial charge >= 0.3 is 0 Å². The van der Waals surface area contributed by atoms with Gasteiger partial charge in [-0.15, -0.1) is 0 Å². The van der Waals surface area contributed by atoms with Gasteiger partial charge in [-0.1, -0.05) is 78.9 Å². The molecular weight excluding hydrogens is 528 g/mol. The number of para-hydroxylation sites is 3. The molecule has 5 nitrogen and oxygen atoms in total. The zero-order chi connectivity index (χ0) is 28.1. The molecule has 43 heavy (non-hydrogen) atoms. The van der Waals surface area contributed by atoms with E-state index in [0.717, 1.165) is 72.9 Å². The van der Waals surface area contributed by atoms with Gasteiger partial charge in [0.2, 0.25) is 5.95 Å². The minimum absolute atomic E-state index is 0.616. The van der Waals surface area contributed by atoms with Crippen LogP contribution in [-0.4, -0.2) is 14.5 Å². The Morgan fingerprint density at radius 1 is 0.512 bits per heavy atom. The van der Waals surface area contributed by atoms with E-state index in [1.807, 2.05) is 36.4 Å². The lowest BCUT2D eigenvalue weighted by atomic mass is 10.0. The van der Waals surface area contributed by atoms with Gasteiger partial charge in [0.15, 0.2) is 0 Å². The molecule has 0 spiro atoms. The molecule has 4 heterocycles. The van der Waals surface area contributed by atoms with E-state index in [4.69, 9.17) is 14.7 Å². The summed E-state index contributed by atoms with van der Waals surface area (Å²) in [6.45, 7) is 0. The first-order valence-electron chi connectivity index (χ1n) is 14.4. The van der Waals surface area contributed by atoms with Crippen molar-refractivity contribution in [3.8, 4) is 39.6 Å². The number of rotatable bonds is 1. The van der Waals surface area contributed by atoms with Crippen LogP contribution in [0.3, 0.4) is 0 Å². The zero-order valence-corrected chi connectivity index (χ0v) is 22.9. The van der Waals surface area contributed by atoms with Gasteiger partial charge in [0.25, 0.3) is 0 Å². The molecular formula is C38H22N4O. The van der Waals surface area contributed by atoms with Crippen molar-refractivity contribution in [2.45, 2.75) is 0 Å². The summed E-state index contributed by atoms with van der Waals surface area (Å²) in [5.41, 5.74) is 8.28. The van der Waals surface area contributed by atoms with Gasteiger partial charge in [-0.2, -0.15) is 0 Å². The second-order valence-electron chi connectivity index (χ2n) is 11.1. The van der Waals surface area contributed by atoms with Crippen LogP contribution in [-0.2, 0) is 0 Å². The largest absolute Gasteiger partial charge is 0.456 e. The molecule has 0 amide bonds. The van der Waals surface area contributed by atoms with E-state index in [0.29, 0.717) is 5.95 Å². The molecule has 8 aromatic rings. The Balaban J connectivity index is 1.35. The number of anilines is 3. The van der Waals surface area contributed by atoms with Gasteiger partial charge < -0.3 is 4.74 Å². The predicted molar refractivity (Wildman–Crippen MR) is 173 cm³/mol. The fourth-order valence-electron chi connectivity index (χ4n) is 6.82. The molecule has 0 atom stereocenters. The van der Waals surface area contributed by atoms with Crippen LogP contribution < -0.4 is 9.64 Å². The van der Waals surface area contributed by atoms with Crippen LogP contribution in [0, 0.1) is 0 Å². The van der Waals surface area contributed by atoms with Crippen molar-refractivity contribution >= 4 is 50.0 Å². The average molecular weight is 551 g/mol. The number of hydrogen-bond acceptors (Lipinski definition) is 4. The number of ether oxygens (including phenoxy) is 1. The third-order valence-electron chi connectivity index (χ3n) is 8.69. The van der Waals surface area contributed by atoms with Crippen LogP contribution in [0.5, 0.6) is 11.5 Å². The van der Waals surface area contributed by atoms with Crippen LogP contribution in [0.25, 0.3) is 60.6 Å². The molecule has 0 fully saturated rings. The van der Waals surface area contributed by atoms with E-state index in [1.54, 1.807) is 0 Å². The average Bonchev–Trinajstić information content (AvgIpc) is 3.35. The Hall–Kier alpha value is -5.94. The molecule has 6 aromatic carbocycles. The van der Waals surface area contributed by atoms with Crippen molar-refractivity contribution in [2.75, 3.05) is 4.90 Å². The molecule has 0 bridgehead atoms. The quantitative estimate of drug-likeness (QED) is 0.204. The number of hydrogen-bond donors (Lipinski definition) is 0. The van der Waals surface area contributed by atoms with Crippen molar-refractivity contribution in [3.63, 3.8) is 0 Å². The van der Waals surface area contributed by atoms with E-state index in [1.165, 1.54) is 10.8 Å². The van der Waals surface area contributed by atoms with Crippen LogP contribution in [0.2, 0.25) is 0 Å². The molecule has 2 aliphatic rings. The second-order valence-corrected chi connectivity index (χ2v) is 11.1. The Bertz CT molecular complexity index is 2460. The molecule has 0 saturated carbocycles. The molecule has 5 heteroatoms. The summed E-state index contributed by atoms with van der Waals surface area (Å²) in [5, 5.41) is 4.52. The summed E-state index contributed by atoms with van der Waals surface area (Å²) >= 11 is 0. The lowest BCUT2D eigenvalue weighted by molar-refractivity contribution is 0.486. The van der Waals surface area contributed by atoms with Crippen molar-refractivity contribution in [1.82, 2.24) is 14.5 Å². The number of aromatic nitrogens is 3. The summed E-state index contributed by atoms with van der Waals surface area (Å²) < 4.78 is 8.65. The molecule has 10 rings (SSSR count). The van der Waals surface area contributed by atoms with Crippen molar-refractivity contribution in [2.24, 2.45) is 0 Å². The number of benzene rings is 6. The second kappa shape index (κ2) is 8.30. The van der Waals surface area contributed by atoms with Gasteiger partial charge in [0.05, 0.1) is 33.5 Å². The van der Waals surface area contributed by atoms with Gasteiger partial charge in [0, 0.05) is 22.1 Å². The summed E-state index contributed by atoms with van der Waals surface area (Å²) in [7, 11) is 0. The first kappa shape index (κ1) is 22.7. The topological polar surface area (TPSA) is 43.2 Å². The SMILES string of the molecule is c1ccc2c(c1)Oc1cccc3nc(N4c5ccccc5-c5ccccc5-n5c4cc4cc6ccccc6cc45)nc-2c13. The van der Waals surface area contributed by atoms with Gasteiger partial charge in [0.1, 0.15) is 17.3 Å². The smallest absolute Gasteiger partial charge is 0.236 e. The molecule has 200 valence electrons. The van der Waals surface area contributed by atoms with Crippen LogP contribution in [0.4, 0.5) is 17.5 Å². The first-order chi connectivity index (χ1) is 21.3. The third-order valence-corrected chi connectivity index (χ3v) is 8.69. The highest BCUT2D eigenvalue weighted by molar-refractivity contribution is 6.05. The lowest BCUT2D eigenvalue weighted by Crippen LogP contribution is -2.17. The third kappa shape index (κ3) is 3.11. The monoisotopic (exact) mass is 550 g/mol. The Morgan fingerprint density at radius 2 is 1.19 bits per heavy atom. The van der Waals surface area contributed by atoms with Gasteiger partial charge in [-0.25, -0.2) is 9.97 Å². The van der Waals surface area contributed by atoms with Crippen molar-refractivity contribution in [1.29, 1.82) is 0 Å². The first-order valence-corrected chi connectivity index (χ1v) is 14.4. The van der Waals surface area contributed by atoms with Crippen LogP contribution >= 0.6 is 0 Å². The highest BCUT2D eigenvalue weighted by Gasteiger charge is 2.31. The number of nitrogens with zero attached hydrogens (tertiary/aromatic N) is 4. The summed E-state index contributed by atoms with van der Waals surface area (Å²) in [6, 6.07) is 46.7. The zero-order valence-electron chi connectivity index (χ0n) is 22.9. The maximum atomic E-state index is 6.29. The van der Waals surface area contributed by atoms with E-state index in [2.05, 4.69) is 107 Å². The van der Waals surface area contributed by atoms with Crippen LogP contribution in [0.1, 0.15) is 0 Å². The molecule has 0 N–H and O–H groups in total. The van der Waals surface area contributed by atoms with E-state index < -0.39 is 0 Å². The molecule has 2 aliphatic heterocycles. The van der Waals surface area contributed by atoms with Gasteiger partial charge in [-0.3, -0.25) is 9.47 Å². The maximum Gasteiger partial charge on any atom is 0.236 e. The van der Waals surface area contributed by atoms with Crippen molar-refractivity contribution in [3.05, 3.63) is 133 Å². The normalized spacial score (nSPS) is 12.8. The highest BCUT2D eigenvalue weighted by atomic mass is 16.5. The highest BCUT2D eigenvalue weighted by Crippen LogP contribution is 2.50. The predicted octanol–water partition coefficient (Wildman–Crippen LogP) is 9.95. The molecule has 0 unspecified atom stereocenters. The lowest BCUT2D eigenvalue weighted by Gasteiger charge is -2.26. The van der Waals surface area contributed by atoms with Crippen molar-refractivity contribution < 1.29 is 4.74 Å². The summed E-state index contributed by atoms with van der Waals surface area (Å²) in [6.07, 6.45) is 0. The minimum atomic E-state index is 0.616. The molecule has 0 saturated heterocycles. The van der Waals surface area contributed by atoms with E-state index in [9.17, 15) is 0 Å². The molecule has 0 radical (unpaired) electrons. The fraction of sp³-hybridized carbons (Fsp3) is 0. The summed E-state index contributed by atoms with van der Waals surface area (Å²) in [4.78, 5) is 12.8. The summed E-state index contributed by atoms with van der Waals surface area (Å²) in [5.74, 6) is 3.19. The number of fused-ring (bicyclic) bond motifs is 10. The van der Waals surface area contributed by atoms with Gasteiger partial charge in [-0.05, 0) is 65.4 Å². The fourth-order valence-corrected chi connectivity index (χ4v) is 6.82. The van der Waals surface area contributed by atoms with Crippen LogP contribution in [0.15, 0.2) is 133 Å².